The van der Waals surface area contributed by atoms with Gasteiger partial charge in [0.25, 0.3) is 0 Å². The lowest BCUT2D eigenvalue weighted by molar-refractivity contribution is -0.137. The van der Waals surface area contributed by atoms with Gasteiger partial charge in [-0.3, -0.25) is 9.78 Å². The SMILES string of the molecule is O=C(O)CCc1ncc(-c2cncc(F)c2)o1. The smallest absolute Gasteiger partial charge is 0.303 e. The van der Waals surface area contributed by atoms with Crippen molar-refractivity contribution in [1.29, 1.82) is 0 Å². The fourth-order valence-corrected chi connectivity index (χ4v) is 1.32. The maximum atomic E-state index is 12.9. The van der Waals surface area contributed by atoms with E-state index in [0.29, 0.717) is 17.2 Å². The Morgan fingerprint density at radius 3 is 2.94 bits per heavy atom. The first-order valence-electron chi connectivity index (χ1n) is 4.92. The van der Waals surface area contributed by atoms with Gasteiger partial charge in [-0.05, 0) is 6.07 Å². The third-order valence-electron chi connectivity index (χ3n) is 2.10. The zero-order valence-corrected chi connectivity index (χ0v) is 8.76. The van der Waals surface area contributed by atoms with Gasteiger partial charge in [0.2, 0.25) is 0 Å². The fraction of sp³-hybridized carbons (Fsp3) is 0.182. The number of hydrogen-bond acceptors (Lipinski definition) is 4. The molecule has 0 fully saturated rings. The first-order chi connectivity index (χ1) is 8.15. The Morgan fingerprint density at radius 2 is 2.24 bits per heavy atom. The number of halogens is 1. The summed E-state index contributed by atoms with van der Waals surface area (Å²) in [5.74, 6) is -0.702. The molecular weight excluding hydrogens is 227 g/mol. The highest BCUT2D eigenvalue weighted by Gasteiger charge is 2.09. The number of nitrogens with zero attached hydrogens (tertiary/aromatic N) is 2. The van der Waals surface area contributed by atoms with Gasteiger partial charge in [-0.1, -0.05) is 0 Å². The maximum absolute atomic E-state index is 12.9. The molecule has 6 heteroatoms. The zero-order valence-electron chi connectivity index (χ0n) is 8.76. The van der Waals surface area contributed by atoms with Crippen LogP contribution >= 0.6 is 0 Å². The summed E-state index contributed by atoms with van der Waals surface area (Å²) in [6.45, 7) is 0. The van der Waals surface area contributed by atoms with Gasteiger partial charge in [-0.25, -0.2) is 9.37 Å². The molecule has 0 spiro atoms. The van der Waals surface area contributed by atoms with E-state index >= 15 is 0 Å². The van der Waals surface area contributed by atoms with Crippen molar-refractivity contribution >= 4 is 5.97 Å². The molecule has 0 aliphatic carbocycles. The zero-order chi connectivity index (χ0) is 12.3. The summed E-state index contributed by atoms with van der Waals surface area (Å²) in [4.78, 5) is 18.0. The summed E-state index contributed by atoms with van der Waals surface area (Å²) < 4.78 is 18.2. The Balaban J connectivity index is 2.15. The minimum Gasteiger partial charge on any atom is -0.481 e. The third-order valence-corrected chi connectivity index (χ3v) is 2.10. The van der Waals surface area contributed by atoms with Crippen LogP contribution in [0.3, 0.4) is 0 Å². The van der Waals surface area contributed by atoms with E-state index in [1.807, 2.05) is 0 Å². The minimum absolute atomic E-state index is 0.0542. The first kappa shape index (κ1) is 11.3. The number of pyridine rings is 1. The van der Waals surface area contributed by atoms with Gasteiger partial charge in [0.05, 0.1) is 18.8 Å². The Labute approximate surface area is 95.9 Å². The van der Waals surface area contributed by atoms with Crippen molar-refractivity contribution in [3.05, 3.63) is 36.4 Å². The van der Waals surface area contributed by atoms with Crippen molar-refractivity contribution < 1.29 is 18.7 Å². The molecule has 2 heterocycles. The van der Waals surface area contributed by atoms with Crippen molar-refractivity contribution in [2.75, 3.05) is 0 Å². The number of carbonyl (C=O) groups is 1. The second-order valence-electron chi connectivity index (χ2n) is 3.40. The van der Waals surface area contributed by atoms with Crippen LogP contribution < -0.4 is 0 Å². The standard InChI is InChI=1S/C11H9FN2O3/c12-8-3-7(4-13-5-8)9-6-14-10(17-9)1-2-11(15)16/h3-6H,1-2H2,(H,15,16). The van der Waals surface area contributed by atoms with Crippen LogP contribution in [0, 0.1) is 5.82 Å². The van der Waals surface area contributed by atoms with Crippen molar-refractivity contribution in [2.24, 2.45) is 0 Å². The quantitative estimate of drug-likeness (QED) is 0.877. The molecule has 5 nitrogen and oxygen atoms in total. The molecule has 88 valence electrons. The summed E-state index contributed by atoms with van der Waals surface area (Å²) in [5.41, 5.74) is 0.471. The number of aliphatic carboxylic acids is 1. The molecule has 0 radical (unpaired) electrons. The first-order valence-corrected chi connectivity index (χ1v) is 4.92. The molecule has 0 saturated carbocycles. The molecule has 0 unspecified atom stereocenters. The average Bonchev–Trinajstić information content (AvgIpc) is 2.75. The Hall–Kier alpha value is -2.24. The van der Waals surface area contributed by atoms with Crippen LogP contribution in [-0.2, 0) is 11.2 Å². The van der Waals surface area contributed by atoms with E-state index in [-0.39, 0.29) is 12.8 Å². The van der Waals surface area contributed by atoms with Crippen LogP contribution in [0.2, 0.25) is 0 Å². The van der Waals surface area contributed by atoms with Crippen molar-refractivity contribution in [3.63, 3.8) is 0 Å². The van der Waals surface area contributed by atoms with Crippen molar-refractivity contribution in [3.8, 4) is 11.3 Å². The predicted molar refractivity (Wildman–Crippen MR) is 55.6 cm³/mol. The lowest BCUT2D eigenvalue weighted by Gasteiger charge is -1.95. The van der Waals surface area contributed by atoms with Gasteiger partial charge in [-0.2, -0.15) is 0 Å². The second kappa shape index (κ2) is 4.73. The monoisotopic (exact) mass is 236 g/mol. The van der Waals surface area contributed by atoms with Crippen molar-refractivity contribution in [1.82, 2.24) is 9.97 Å². The van der Waals surface area contributed by atoms with E-state index in [9.17, 15) is 9.18 Å². The molecule has 0 saturated heterocycles. The summed E-state index contributed by atoms with van der Waals surface area (Å²) >= 11 is 0. The van der Waals surface area contributed by atoms with E-state index in [1.54, 1.807) is 0 Å². The lowest BCUT2D eigenvalue weighted by Crippen LogP contribution is -1.97. The molecule has 0 amide bonds. The molecule has 1 N–H and O–H groups in total. The number of carboxylic acids is 1. The topological polar surface area (TPSA) is 76.2 Å². The minimum atomic E-state index is -0.919. The van der Waals surface area contributed by atoms with E-state index < -0.39 is 11.8 Å². The predicted octanol–water partition coefficient (Wildman–Crippen LogP) is 1.89. The number of hydrogen-bond donors (Lipinski definition) is 1. The highest BCUT2D eigenvalue weighted by molar-refractivity contribution is 5.66. The molecule has 2 aromatic heterocycles. The average molecular weight is 236 g/mol. The normalized spacial score (nSPS) is 10.4. The molecular formula is C11H9FN2O3. The molecule has 2 rings (SSSR count). The van der Waals surface area contributed by atoms with Gasteiger partial charge in [0.15, 0.2) is 11.7 Å². The van der Waals surface area contributed by atoms with Gasteiger partial charge < -0.3 is 9.52 Å². The number of carboxylic acid groups (broad SMARTS) is 1. The van der Waals surface area contributed by atoms with Crippen LogP contribution in [0.5, 0.6) is 0 Å². The van der Waals surface area contributed by atoms with Gasteiger partial charge in [0, 0.05) is 18.2 Å². The number of rotatable bonds is 4. The number of aromatic nitrogens is 2. The van der Waals surface area contributed by atoms with Crippen LogP contribution in [0.15, 0.2) is 29.1 Å². The molecule has 0 aromatic carbocycles. The van der Waals surface area contributed by atoms with Gasteiger partial charge in [0.1, 0.15) is 5.82 Å². The summed E-state index contributed by atoms with van der Waals surface area (Å²) in [6, 6.07) is 1.27. The summed E-state index contributed by atoms with van der Waals surface area (Å²) in [5, 5.41) is 8.51. The molecule has 0 atom stereocenters. The largest absolute Gasteiger partial charge is 0.481 e. The lowest BCUT2D eigenvalue weighted by atomic mass is 10.2. The van der Waals surface area contributed by atoms with E-state index in [4.69, 9.17) is 9.52 Å². The van der Waals surface area contributed by atoms with E-state index in [2.05, 4.69) is 9.97 Å². The van der Waals surface area contributed by atoms with Crippen LogP contribution in [0.25, 0.3) is 11.3 Å². The van der Waals surface area contributed by atoms with Gasteiger partial charge >= 0.3 is 5.97 Å². The maximum Gasteiger partial charge on any atom is 0.303 e. The van der Waals surface area contributed by atoms with E-state index in [0.717, 1.165) is 6.20 Å². The molecule has 2 aromatic rings. The Kier molecular flexibility index (Phi) is 3.13. The van der Waals surface area contributed by atoms with E-state index in [1.165, 1.54) is 18.5 Å². The summed E-state index contributed by atoms with van der Waals surface area (Å²) in [7, 11) is 0. The van der Waals surface area contributed by atoms with Crippen LogP contribution in [0.1, 0.15) is 12.3 Å². The number of aryl methyl sites for hydroxylation is 1. The van der Waals surface area contributed by atoms with Gasteiger partial charge in [-0.15, -0.1) is 0 Å². The Bertz CT molecular complexity index is 539. The van der Waals surface area contributed by atoms with Crippen molar-refractivity contribution in [2.45, 2.75) is 12.8 Å². The fourth-order valence-electron chi connectivity index (χ4n) is 1.32. The molecule has 0 aliphatic heterocycles. The molecule has 0 aliphatic rings. The van der Waals surface area contributed by atoms with Crippen LogP contribution in [-0.4, -0.2) is 21.0 Å². The highest BCUT2D eigenvalue weighted by atomic mass is 19.1. The molecule has 17 heavy (non-hydrogen) atoms. The highest BCUT2D eigenvalue weighted by Crippen LogP contribution is 2.20. The Morgan fingerprint density at radius 1 is 1.41 bits per heavy atom. The number of oxazole rings is 1. The second-order valence-corrected chi connectivity index (χ2v) is 3.40. The molecule has 0 bridgehead atoms. The third kappa shape index (κ3) is 2.87. The van der Waals surface area contributed by atoms with Crippen LogP contribution in [0.4, 0.5) is 4.39 Å². The summed E-state index contributed by atoms with van der Waals surface area (Å²) in [6.07, 6.45) is 4.11.